The van der Waals surface area contributed by atoms with E-state index in [0.29, 0.717) is 28.0 Å². The zero-order valence-corrected chi connectivity index (χ0v) is 13.2. The number of anilines is 1. The molecule has 0 heterocycles. The first-order valence-corrected chi connectivity index (χ1v) is 7.54. The van der Waals surface area contributed by atoms with Gasteiger partial charge in [0.2, 0.25) is 5.91 Å². The molecule has 3 unspecified atom stereocenters. The summed E-state index contributed by atoms with van der Waals surface area (Å²) < 4.78 is 0.716. The fraction of sp³-hybridized carbons (Fsp3) is 0.429. The molecule has 1 aromatic rings. The second kappa shape index (κ2) is 6.14. The fourth-order valence-electron chi connectivity index (χ4n) is 2.67. The molecule has 2 N–H and O–H groups in total. The first-order chi connectivity index (χ1) is 9.38. The first kappa shape index (κ1) is 15.3. The van der Waals surface area contributed by atoms with Crippen molar-refractivity contribution < 1.29 is 14.7 Å². The third-order valence-corrected chi connectivity index (χ3v) is 4.57. The first-order valence-electron chi connectivity index (χ1n) is 6.37. The highest BCUT2D eigenvalue weighted by molar-refractivity contribution is 9.10. The van der Waals surface area contributed by atoms with Crippen molar-refractivity contribution in [2.45, 2.75) is 19.8 Å². The number of carbonyl (C=O) groups excluding carboxylic acids is 1. The van der Waals surface area contributed by atoms with Gasteiger partial charge in [0.05, 0.1) is 17.5 Å². The van der Waals surface area contributed by atoms with Crippen LogP contribution >= 0.6 is 27.5 Å². The molecular weight excluding hydrogens is 346 g/mol. The quantitative estimate of drug-likeness (QED) is 0.862. The van der Waals surface area contributed by atoms with Crippen LogP contribution in [0.4, 0.5) is 5.69 Å². The van der Waals surface area contributed by atoms with Crippen molar-refractivity contribution in [2.24, 2.45) is 17.8 Å². The van der Waals surface area contributed by atoms with Crippen LogP contribution in [-0.4, -0.2) is 17.0 Å². The van der Waals surface area contributed by atoms with Crippen LogP contribution in [0.1, 0.15) is 19.8 Å². The molecule has 2 rings (SSSR count). The zero-order chi connectivity index (χ0) is 14.9. The van der Waals surface area contributed by atoms with Crippen molar-refractivity contribution in [3.8, 4) is 0 Å². The van der Waals surface area contributed by atoms with Crippen LogP contribution in [0, 0.1) is 17.8 Å². The number of carboxylic acid groups (broad SMARTS) is 1. The molecule has 1 aliphatic rings. The summed E-state index contributed by atoms with van der Waals surface area (Å²) >= 11 is 9.23. The Labute approximate surface area is 130 Å². The van der Waals surface area contributed by atoms with Gasteiger partial charge in [-0.3, -0.25) is 9.59 Å². The number of rotatable bonds is 3. The van der Waals surface area contributed by atoms with Crippen molar-refractivity contribution in [3.63, 3.8) is 0 Å². The lowest BCUT2D eigenvalue weighted by atomic mass is 9.95. The van der Waals surface area contributed by atoms with Gasteiger partial charge in [-0.25, -0.2) is 0 Å². The van der Waals surface area contributed by atoms with E-state index >= 15 is 0 Å². The Hall–Kier alpha value is -1.07. The summed E-state index contributed by atoms with van der Waals surface area (Å²) in [6.45, 7) is 1.97. The number of hydrogen-bond acceptors (Lipinski definition) is 2. The highest BCUT2D eigenvalue weighted by Gasteiger charge is 2.41. The predicted molar refractivity (Wildman–Crippen MR) is 80.8 cm³/mol. The SMILES string of the molecule is CC1CC(C(=O)O)C(C(=O)Nc2cc(Cl)ccc2Br)C1. The number of halogens is 2. The Morgan fingerprint density at radius 3 is 2.65 bits per heavy atom. The van der Waals surface area contributed by atoms with Gasteiger partial charge >= 0.3 is 5.97 Å². The van der Waals surface area contributed by atoms with Gasteiger partial charge in [-0.15, -0.1) is 0 Å². The third-order valence-electron chi connectivity index (χ3n) is 3.64. The molecule has 6 heteroatoms. The number of benzene rings is 1. The van der Waals surface area contributed by atoms with E-state index in [1.807, 2.05) is 6.92 Å². The largest absolute Gasteiger partial charge is 0.481 e. The molecule has 0 radical (unpaired) electrons. The van der Waals surface area contributed by atoms with E-state index in [0.717, 1.165) is 0 Å². The van der Waals surface area contributed by atoms with E-state index in [9.17, 15) is 14.7 Å². The maximum absolute atomic E-state index is 12.3. The number of carbonyl (C=O) groups is 2. The molecule has 3 atom stereocenters. The molecule has 108 valence electrons. The Morgan fingerprint density at radius 1 is 1.35 bits per heavy atom. The Balaban J connectivity index is 2.15. The molecular formula is C14H15BrClNO3. The van der Waals surface area contributed by atoms with Gasteiger partial charge in [-0.1, -0.05) is 18.5 Å². The minimum absolute atomic E-state index is 0.245. The Morgan fingerprint density at radius 2 is 2.00 bits per heavy atom. The summed E-state index contributed by atoms with van der Waals surface area (Å²) in [6, 6.07) is 5.08. The number of hydrogen-bond donors (Lipinski definition) is 2. The van der Waals surface area contributed by atoms with Gasteiger partial charge in [-0.05, 0) is 52.9 Å². The van der Waals surface area contributed by atoms with Crippen LogP contribution < -0.4 is 5.32 Å². The summed E-state index contributed by atoms with van der Waals surface area (Å²) in [5.74, 6) is -2.02. The molecule has 1 aromatic carbocycles. The molecule has 1 amide bonds. The van der Waals surface area contributed by atoms with E-state index in [-0.39, 0.29) is 11.8 Å². The van der Waals surface area contributed by atoms with Crippen molar-refractivity contribution in [2.75, 3.05) is 5.32 Å². The van der Waals surface area contributed by atoms with Crippen molar-refractivity contribution in [1.82, 2.24) is 0 Å². The normalized spacial score (nSPS) is 25.4. The average Bonchev–Trinajstić information content (AvgIpc) is 2.76. The maximum atomic E-state index is 12.3. The van der Waals surface area contributed by atoms with Gasteiger partial charge in [-0.2, -0.15) is 0 Å². The van der Waals surface area contributed by atoms with Gasteiger partial charge in [0.25, 0.3) is 0 Å². The molecule has 0 aromatic heterocycles. The highest BCUT2D eigenvalue weighted by Crippen LogP contribution is 2.37. The van der Waals surface area contributed by atoms with Gasteiger partial charge in [0.15, 0.2) is 0 Å². The number of amides is 1. The minimum atomic E-state index is -0.903. The molecule has 1 aliphatic carbocycles. The van der Waals surface area contributed by atoms with Gasteiger partial charge in [0, 0.05) is 9.50 Å². The number of carboxylic acids is 1. The van der Waals surface area contributed by atoms with Gasteiger partial charge < -0.3 is 10.4 Å². The summed E-state index contributed by atoms with van der Waals surface area (Å²) in [7, 11) is 0. The van der Waals surface area contributed by atoms with Crippen LogP contribution in [0.15, 0.2) is 22.7 Å². The smallest absolute Gasteiger partial charge is 0.307 e. The van der Waals surface area contributed by atoms with Crippen molar-refractivity contribution in [1.29, 1.82) is 0 Å². The van der Waals surface area contributed by atoms with E-state index < -0.39 is 17.8 Å². The monoisotopic (exact) mass is 359 g/mol. The van der Waals surface area contributed by atoms with Crippen LogP contribution in [0.5, 0.6) is 0 Å². The topological polar surface area (TPSA) is 66.4 Å². The summed E-state index contributed by atoms with van der Waals surface area (Å²) in [5, 5.41) is 12.5. The van der Waals surface area contributed by atoms with E-state index in [2.05, 4.69) is 21.2 Å². The summed E-state index contributed by atoms with van der Waals surface area (Å²) in [6.07, 6.45) is 1.14. The van der Waals surface area contributed by atoms with Crippen molar-refractivity contribution >= 4 is 45.1 Å². The predicted octanol–water partition coefficient (Wildman–Crippen LogP) is 3.79. The maximum Gasteiger partial charge on any atom is 0.307 e. The second-order valence-electron chi connectivity index (χ2n) is 5.24. The van der Waals surface area contributed by atoms with E-state index in [4.69, 9.17) is 11.6 Å². The highest BCUT2D eigenvalue weighted by atomic mass is 79.9. The lowest BCUT2D eigenvalue weighted by Gasteiger charge is -2.16. The van der Waals surface area contributed by atoms with Crippen LogP contribution in [0.3, 0.4) is 0 Å². The molecule has 1 saturated carbocycles. The van der Waals surface area contributed by atoms with E-state index in [1.54, 1.807) is 18.2 Å². The summed E-state index contributed by atoms with van der Waals surface area (Å²) in [5.41, 5.74) is 0.561. The molecule has 0 spiro atoms. The lowest BCUT2D eigenvalue weighted by Crippen LogP contribution is -2.30. The Kier molecular flexibility index (Phi) is 4.70. The van der Waals surface area contributed by atoms with Crippen LogP contribution in [-0.2, 0) is 9.59 Å². The number of aliphatic carboxylic acids is 1. The standard InChI is InChI=1S/C14H15BrClNO3/c1-7-4-9(10(5-7)14(19)20)13(18)17-12-6-8(16)2-3-11(12)15/h2-3,6-7,9-10H,4-5H2,1H3,(H,17,18)(H,19,20). The van der Waals surface area contributed by atoms with Crippen LogP contribution in [0.2, 0.25) is 5.02 Å². The molecule has 20 heavy (non-hydrogen) atoms. The average molecular weight is 361 g/mol. The number of nitrogens with one attached hydrogen (secondary N) is 1. The molecule has 0 saturated heterocycles. The van der Waals surface area contributed by atoms with Gasteiger partial charge in [0.1, 0.15) is 0 Å². The molecule has 4 nitrogen and oxygen atoms in total. The Bertz CT molecular complexity index is 549. The molecule has 0 bridgehead atoms. The van der Waals surface area contributed by atoms with Crippen LogP contribution in [0.25, 0.3) is 0 Å². The summed E-state index contributed by atoms with van der Waals surface area (Å²) in [4.78, 5) is 23.5. The lowest BCUT2D eigenvalue weighted by molar-refractivity contribution is -0.145. The fourth-order valence-corrected chi connectivity index (χ4v) is 3.19. The molecule has 0 aliphatic heterocycles. The third kappa shape index (κ3) is 3.33. The second-order valence-corrected chi connectivity index (χ2v) is 6.53. The van der Waals surface area contributed by atoms with E-state index in [1.165, 1.54) is 0 Å². The minimum Gasteiger partial charge on any atom is -0.481 e. The zero-order valence-electron chi connectivity index (χ0n) is 10.9. The van der Waals surface area contributed by atoms with Crippen molar-refractivity contribution in [3.05, 3.63) is 27.7 Å². The molecule has 1 fully saturated rings.